The Morgan fingerprint density at radius 3 is 2.00 bits per heavy atom. The number of rotatable bonds is 3. The van der Waals surface area contributed by atoms with E-state index in [2.05, 4.69) is 39.5 Å². The fraction of sp³-hybridized carbons (Fsp3) is 1.00. The zero-order chi connectivity index (χ0) is 11.5. The first-order chi connectivity index (χ1) is 6.91. The van der Waals surface area contributed by atoms with Gasteiger partial charge in [-0.25, -0.2) is 0 Å². The van der Waals surface area contributed by atoms with Gasteiger partial charge in [0.2, 0.25) is 0 Å². The maximum absolute atomic E-state index is 2.75. The van der Waals surface area contributed by atoms with E-state index < -0.39 is 0 Å². The lowest BCUT2D eigenvalue weighted by Gasteiger charge is -2.44. The molecule has 0 radical (unpaired) electrons. The number of hydrogen-bond donors (Lipinski definition) is 0. The van der Waals surface area contributed by atoms with Gasteiger partial charge in [-0.3, -0.25) is 4.90 Å². The fourth-order valence-corrected chi connectivity index (χ4v) is 2.76. The van der Waals surface area contributed by atoms with Crippen molar-refractivity contribution >= 4 is 0 Å². The Bertz CT molecular complexity index is 172. The predicted octanol–water partition coefficient (Wildman–Crippen LogP) is 4.08. The molecule has 0 heterocycles. The maximum Gasteiger partial charge on any atom is 0.0128 e. The Morgan fingerprint density at radius 2 is 1.60 bits per heavy atom. The van der Waals surface area contributed by atoms with Crippen molar-refractivity contribution < 1.29 is 0 Å². The molecule has 0 aromatic heterocycles. The second-order valence-corrected chi connectivity index (χ2v) is 6.51. The van der Waals surface area contributed by atoms with Crippen molar-refractivity contribution in [2.75, 3.05) is 6.54 Å². The summed E-state index contributed by atoms with van der Waals surface area (Å²) in [5.41, 5.74) is 0.340. The SMILES string of the molecule is CC(C)CN(C1CCCCC1)C(C)(C)C. The van der Waals surface area contributed by atoms with Gasteiger partial charge in [-0.1, -0.05) is 33.1 Å². The highest BCUT2D eigenvalue weighted by Crippen LogP contribution is 2.28. The van der Waals surface area contributed by atoms with Crippen LogP contribution in [0.3, 0.4) is 0 Å². The minimum atomic E-state index is 0.340. The topological polar surface area (TPSA) is 3.24 Å². The molecule has 0 atom stereocenters. The Hall–Kier alpha value is -0.0400. The third kappa shape index (κ3) is 4.14. The van der Waals surface area contributed by atoms with Gasteiger partial charge in [-0.2, -0.15) is 0 Å². The normalized spacial score (nSPS) is 20.2. The molecule has 0 bridgehead atoms. The Balaban J connectivity index is 2.61. The lowest BCUT2D eigenvalue weighted by Crippen LogP contribution is -2.50. The lowest BCUT2D eigenvalue weighted by atomic mass is 9.90. The molecule has 1 aliphatic carbocycles. The van der Waals surface area contributed by atoms with E-state index in [-0.39, 0.29) is 0 Å². The molecule has 0 unspecified atom stereocenters. The van der Waals surface area contributed by atoms with E-state index in [0.717, 1.165) is 12.0 Å². The van der Waals surface area contributed by atoms with Crippen molar-refractivity contribution in [3.8, 4) is 0 Å². The minimum absolute atomic E-state index is 0.340. The van der Waals surface area contributed by atoms with Crippen molar-refractivity contribution in [1.82, 2.24) is 4.90 Å². The number of hydrogen-bond acceptors (Lipinski definition) is 1. The van der Waals surface area contributed by atoms with Crippen molar-refractivity contribution in [2.45, 2.75) is 78.3 Å². The summed E-state index contributed by atoms with van der Waals surface area (Å²) in [6.45, 7) is 13.0. The second kappa shape index (κ2) is 5.34. The summed E-state index contributed by atoms with van der Waals surface area (Å²) in [5.74, 6) is 0.783. The van der Waals surface area contributed by atoms with Gasteiger partial charge < -0.3 is 0 Å². The van der Waals surface area contributed by atoms with Crippen LogP contribution in [-0.4, -0.2) is 23.0 Å². The largest absolute Gasteiger partial charge is 0.295 e. The summed E-state index contributed by atoms with van der Waals surface area (Å²) in [6.07, 6.45) is 7.18. The molecular weight excluding hydrogens is 182 g/mol. The van der Waals surface area contributed by atoms with Crippen LogP contribution in [0.1, 0.15) is 66.7 Å². The molecule has 0 spiro atoms. The highest BCUT2D eigenvalue weighted by atomic mass is 15.2. The van der Waals surface area contributed by atoms with Crippen molar-refractivity contribution in [3.05, 3.63) is 0 Å². The third-order valence-corrected chi connectivity index (χ3v) is 3.44. The number of nitrogens with zero attached hydrogens (tertiary/aromatic N) is 1. The van der Waals surface area contributed by atoms with Crippen molar-refractivity contribution in [3.63, 3.8) is 0 Å². The zero-order valence-electron chi connectivity index (χ0n) is 11.3. The minimum Gasteiger partial charge on any atom is -0.295 e. The molecular formula is C14H29N. The van der Waals surface area contributed by atoms with Gasteiger partial charge in [0.15, 0.2) is 0 Å². The molecule has 1 aliphatic rings. The van der Waals surface area contributed by atoms with Crippen LogP contribution in [0.2, 0.25) is 0 Å². The molecule has 0 N–H and O–H groups in total. The Kier molecular flexibility index (Phi) is 4.64. The van der Waals surface area contributed by atoms with Crippen LogP contribution in [0.4, 0.5) is 0 Å². The molecule has 0 saturated heterocycles. The second-order valence-electron chi connectivity index (χ2n) is 6.51. The zero-order valence-corrected chi connectivity index (χ0v) is 11.3. The van der Waals surface area contributed by atoms with Gasteiger partial charge >= 0.3 is 0 Å². The predicted molar refractivity (Wildman–Crippen MR) is 68.2 cm³/mol. The molecule has 1 heteroatoms. The molecule has 1 nitrogen and oxygen atoms in total. The van der Waals surface area contributed by atoms with Gasteiger partial charge in [-0.15, -0.1) is 0 Å². The summed E-state index contributed by atoms with van der Waals surface area (Å²) in [6, 6.07) is 0.848. The standard InChI is InChI=1S/C14H29N/c1-12(2)11-15(14(3,4)5)13-9-7-6-8-10-13/h12-13H,6-11H2,1-5H3. The van der Waals surface area contributed by atoms with Crippen LogP contribution in [-0.2, 0) is 0 Å². The molecule has 1 saturated carbocycles. The van der Waals surface area contributed by atoms with Crippen LogP contribution < -0.4 is 0 Å². The van der Waals surface area contributed by atoms with Crippen molar-refractivity contribution in [2.24, 2.45) is 5.92 Å². The van der Waals surface area contributed by atoms with Gasteiger partial charge in [-0.05, 0) is 39.5 Å². The van der Waals surface area contributed by atoms with E-state index in [1.165, 1.54) is 38.6 Å². The van der Waals surface area contributed by atoms with E-state index in [4.69, 9.17) is 0 Å². The molecule has 0 amide bonds. The first kappa shape index (κ1) is 13.0. The summed E-state index contributed by atoms with van der Waals surface area (Å²) < 4.78 is 0. The van der Waals surface area contributed by atoms with E-state index in [9.17, 15) is 0 Å². The molecule has 15 heavy (non-hydrogen) atoms. The average Bonchev–Trinajstić information content (AvgIpc) is 2.14. The Labute approximate surface area is 96.2 Å². The Morgan fingerprint density at radius 1 is 1.07 bits per heavy atom. The summed E-state index contributed by atoms with van der Waals surface area (Å²) in [7, 11) is 0. The first-order valence-electron chi connectivity index (χ1n) is 6.68. The van der Waals surface area contributed by atoms with Crippen LogP contribution in [0.15, 0.2) is 0 Å². The van der Waals surface area contributed by atoms with Crippen LogP contribution in [0.5, 0.6) is 0 Å². The van der Waals surface area contributed by atoms with Crippen LogP contribution >= 0.6 is 0 Å². The average molecular weight is 211 g/mol. The molecule has 0 aliphatic heterocycles. The highest BCUT2D eigenvalue weighted by molar-refractivity contribution is 4.85. The van der Waals surface area contributed by atoms with Gasteiger partial charge in [0.05, 0.1) is 0 Å². The highest BCUT2D eigenvalue weighted by Gasteiger charge is 2.29. The van der Waals surface area contributed by atoms with E-state index >= 15 is 0 Å². The molecule has 90 valence electrons. The quantitative estimate of drug-likeness (QED) is 0.680. The van der Waals surface area contributed by atoms with Gasteiger partial charge in [0.1, 0.15) is 0 Å². The van der Waals surface area contributed by atoms with Gasteiger partial charge in [0, 0.05) is 18.1 Å². The van der Waals surface area contributed by atoms with Crippen LogP contribution in [0.25, 0.3) is 0 Å². The fourth-order valence-electron chi connectivity index (χ4n) is 2.76. The summed E-state index contributed by atoms with van der Waals surface area (Å²) >= 11 is 0. The molecule has 0 aromatic carbocycles. The van der Waals surface area contributed by atoms with Crippen molar-refractivity contribution in [1.29, 1.82) is 0 Å². The maximum atomic E-state index is 2.75. The van der Waals surface area contributed by atoms with E-state index in [0.29, 0.717) is 5.54 Å². The summed E-state index contributed by atoms with van der Waals surface area (Å²) in [5, 5.41) is 0. The monoisotopic (exact) mass is 211 g/mol. The van der Waals surface area contributed by atoms with Crippen LogP contribution in [0, 0.1) is 5.92 Å². The third-order valence-electron chi connectivity index (χ3n) is 3.44. The smallest absolute Gasteiger partial charge is 0.0128 e. The van der Waals surface area contributed by atoms with E-state index in [1.54, 1.807) is 0 Å². The molecule has 1 rings (SSSR count). The lowest BCUT2D eigenvalue weighted by molar-refractivity contribution is 0.0486. The molecule has 1 fully saturated rings. The van der Waals surface area contributed by atoms with Gasteiger partial charge in [0.25, 0.3) is 0 Å². The summed E-state index contributed by atoms with van der Waals surface area (Å²) in [4.78, 5) is 2.75. The molecule has 0 aromatic rings. The van der Waals surface area contributed by atoms with E-state index in [1.807, 2.05) is 0 Å². The first-order valence-corrected chi connectivity index (χ1v) is 6.68.